The molecule has 1 aliphatic rings. The zero-order chi connectivity index (χ0) is 15.4. The molecule has 0 bridgehead atoms. The van der Waals surface area contributed by atoms with E-state index in [1.165, 1.54) is 12.3 Å². The average Bonchev–Trinajstić information content (AvgIpc) is 2.87. The summed E-state index contributed by atoms with van der Waals surface area (Å²) in [6, 6.07) is 1.58. The van der Waals surface area contributed by atoms with Crippen molar-refractivity contribution in [3.63, 3.8) is 0 Å². The summed E-state index contributed by atoms with van der Waals surface area (Å²) < 4.78 is 1.55. The van der Waals surface area contributed by atoms with Crippen LogP contribution in [0.25, 0.3) is 0 Å². The molecule has 0 aromatic carbocycles. The molecular formula is C14H22N4O3. The highest BCUT2D eigenvalue weighted by molar-refractivity contribution is 5.93. The number of nitro groups is 1. The zero-order valence-corrected chi connectivity index (χ0v) is 12.5. The maximum absolute atomic E-state index is 12.7. The van der Waals surface area contributed by atoms with E-state index in [0.29, 0.717) is 5.69 Å². The second-order valence-corrected chi connectivity index (χ2v) is 5.49. The molecule has 21 heavy (non-hydrogen) atoms. The summed E-state index contributed by atoms with van der Waals surface area (Å²) in [5.74, 6) is -0.105. The van der Waals surface area contributed by atoms with Crippen LogP contribution in [0.5, 0.6) is 0 Å². The summed E-state index contributed by atoms with van der Waals surface area (Å²) >= 11 is 0. The van der Waals surface area contributed by atoms with Gasteiger partial charge in [0.15, 0.2) is 0 Å². The van der Waals surface area contributed by atoms with Gasteiger partial charge in [-0.15, -0.1) is 0 Å². The maximum atomic E-state index is 12.7. The largest absolute Gasteiger partial charge is 0.340 e. The second kappa shape index (κ2) is 6.71. The van der Waals surface area contributed by atoms with Crippen LogP contribution >= 0.6 is 0 Å². The third kappa shape index (κ3) is 3.41. The van der Waals surface area contributed by atoms with Gasteiger partial charge in [-0.05, 0) is 39.3 Å². The minimum atomic E-state index is -0.467. The Bertz CT molecular complexity index is 526. The molecule has 0 saturated carbocycles. The normalized spacial score (nSPS) is 18.8. The van der Waals surface area contributed by atoms with Gasteiger partial charge in [0, 0.05) is 25.7 Å². The molecule has 0 radical (unpaired) electrons. The molecule has 7 nitrogen and oxygen atoms in total. The first-order valence-corrected chi connectivity index (χ1v) is 7.31. The fourth-order valence-electron chi connectivity index (χ4n) is 2.89. The van der Waals surface area contributed by atoms with Crippen LogP contribution in [0.2, 0.25) is 0 Å². The van der Waals surface area contributed by atoms with Gasteiger partial charge < -0.3 is 14.8 Å². The minimum absolute atomic E-state index is 0.0374. The molecule has 1 aromatic rings. The van der Waals surface area contributed by atoms with Gasteiger partial charge in [0.25, 0.3) is 11.6 Å². The van der Waals surface area contributed by atoms with Gasteiger partial charge in [0.1, 0.15) is 5.69 Å². The number of aryl methyl sites for hydroxylation is 1. The van der Waals surface area contributed by atoms with E-state index in [-0.39, 0.29) is 17.6 Å². The van der Waals surface area contributed by atoms with Gasteiger partial charge in [-0.2, -0.15) is 0 Å². The summed E-state index contributed by atoms with van der Waals surface area (Å²) in [5.41, 5.74) is 0.350. The number of aromatic nitrogens is 1. The molecule has 0 spiro atoms. The third-order valence-corrected chi connectivity index (χ3v) is 4.04. The van der Waals surface area contributed by atoms with E-state index in [1.807, 2.05) is 11.9 Å². The Morgan fingerprint density at radius 3 is 2.90 bits per heavy atom. The number of carbonyl (C=O) groups excluding carboxylic acids is 1. The van der Waals surface area contributed by atoms with E-state index in [1.54, 1.807) is 11.6 Å². The zero-order valence-electron chi connectivity index (χ0n) is 12.5. The van der Waals surface area contributed by atoms with E-state index < -0.39 is 4.92 Å². The lowest BCUT2D eigenvalue weighted by molar-refractivity contribution is -0.384. The van der Waals surface area contributed by atoms with Gasteiger partial charge in [-0.25, -0.2) is 0 Å². The van der Waals surface area contributed by atoms with Crippen LogP contribution in [0.1, 0.15) is 36.2 Å². The van der Waals surface area contributed by atoms with Crippen molar-refractivity contribution in [2.45, 2.75) is 31.7 Å². The van der Waals surface area contributed by atoms with Crippen molar-refractivity contribution < 1.29 is 9.72 Å². The van der Waals surface area contributed by atoms with Crippen LogP contribution in [0.15, 0.2) is 12.3 Å². The molecule has 1 unspecified atom stereocenters. The SMILES string of the molecule is CNCCC1CCCCN1C(=O)c1cc([N+](=O)[O-])cn1C. The molecule has 2 rings (SSSR count). The van der Waals surface area contributed by atoms with Crippen LogP contribution in [0, 0.1) is 10.1 Å². The molecule has 1 aromatic heterocycles. The Labute approximate surface area is 124 Å². The lowest BCUT2D eigenvalue weighted by Gasteiger charge is -2.36. The van der Waals surface area contributed by atoms with Gasteiger partial charge >= 0.3 is 0 Å². The Hall–Kier alpha value is -1.89. The highest BCUT2D eigenvalue weighted by atomic mass is 16.6. The first-order chi connectivity index (χ1) is 10.0. The highest BCUT2D eigenvalue weighted by Crippen LogP contribution is 2.24. The standard InChI is InChI=1S/C14H22N4O3/c1-15-7-6-11-5-3-4-8-17(11)14(19)13-9-12(18(20)21)10-16(13)2/h9-11,15H,3-8H2,1-2H3. The Morgan fingerprint density at radius 2 is 2.29 bits per heavy atom. The van der Waals surface area contributed by atoms with Crippen molar-refractivity contribution in [2.24, 2.45) is 7.05 Å². The molecule has 1 fully saturated rings. The third-order valence-electron chi connectivity index (χ3n) is 4.04. The number of likely N-dealkylation sites (tertiary alicyclic amines) is 1. The van der Waals surface area contributed by atoms with Crippen molar-refractivity contribution in [2.75, 3.05) is 20.1 Å². The van der Waals surface area contributed by atoms with Crippen molar-refractivity contribution >= 4 is 11.6 Å². The number of piperidine rings is 1. The van der Waals surface area contributed by atoms with Crippen LogP contribution in [0.4, 0.5) is 5.69 Å². The summed E-state index contributed by atoms with van der Waals surface area (Å²) in [5, 5.41) is 13.9. The van der Waals surface area contributed by atoms with Crippen molar-refractivity contribution in [1.29, 1.82) is 0 Å². The molecular weight excluding hydrogens is 272 g/mol. The lowest BCUT2D eigenvalue weighted by Crippen LogP contribution is -2.45. The summed E-state index contributed by atoms with van der Waals surface area (Å²) in [4.78, 5) is 24.9. The molecule has 1 saturated heterocycles. The van der Waals surface area contributed by atoms with Crippen LogP contribution in [-0.2, 0) is 7.05 Å². The molecule has 1 amide bonds. The summed E-state index contributed by atoms with van der Waals surface area (Å²) in [6.07, 6.45) is 5.42. The fraction of sp³-hybridized carbons (Fsp3) is 0.643. The summed E-state index contributed by atoms with van der Waals surface area (Å²) in [7, 11) is 3.57. The predicted octanol–water partition coefficient (Wildman–Crippen LogP) is 1.54. The number of amides is 1. The fourth-order valence-corrected chi connectivity index (χ4v) is 2.89. The molecule has 116 valence electrons. The average molecular weight is 294 g/mol. The minimum Gasteiger partial charge on any atom is -0.340 e. The predicted molar refractivity (Wildman–Crippen MR) is 79.3 cm³/mol. The second-order valence-electron chi connectivity index (χ2n) is 5.49. The quantitative estimate of drug-likeness (QED) is 0.660. The van der Waals surface area contributed by atoms with E-state index >= 15 is 0 Å². The van der Waals surface area contributed by atoms with Crippen molar-refractivity contribution in [1.82, 2.24) is 14.8 Å². The van der Waals surface area contributed by atoms with Gasteiger partial charge in [0.05, 0.1) is 11.1 Å². The first kappa shape index (κ1) is 15.5. The number of hydrogen-bond donors (Lipinski definition) is 1. The molecule has 0 aliphatic carbocycles. The van der Waals surface area contributed by atoms with Crippen molar-refractivity contribution in [3.8, 4) is 0 Å². The summed E-state index contributed by atoms with van der Waals surface area (Å²) in [6.45, 7) is 1.59. The first-order valence-electron chi connectivity index (χ1n) is 7.31. The molecule has 1 atom stereocenters. The number of nitrogens with zero attached hydrogens (tertiary/aromatic N) is 3. The van der Waals surface area contributed by atoms with Gasteiger partial charge in [-0.3, -0.25) is 14.9 Å². The molecule has 1 aliphatic heterocycles. The number of nitrogens with one attached hydrogen (secondary N) is 1. The Kier molecular flexibility index (Phi) is 4.95. The monoisotopic (exact) mass is 294 g/mol. The molecule has 2 heterocycles. The van der Waals surface area contributed by atoms with E-state index in [9.17, 15) is 14.9 Å². The van der Waals surface area contributed by atoms with Crippen LogP contribution < -0.4 is 5.32 Å². The van der Waals surface area contributed by atoms with E-state index in [4.69, 9.17) is 0 Å². The van der Waals surface area contributed by atoms with Gasteiger partial charge in [-0.1, -0.05) is 0 Å². The Morgan fingerprint density at radius 1 is 1.52 bits per heavy atom. The van der Waals surface area contributed by atoms with Gasteiger partial charge in [0.2, 0.25) is 0 Å². The van der Waals surface area contributed by atoms with Crippen molar-refractivity contribution in [3.05, 3.63) is 28.1 Å². The van der Waals surface area contributed by atoms with E-state index in [2.05, 4.69) is 5.32 Å². The van der Waals surface area contributed by atoms with Crippen LogP contribution in [-0.4, -0.2) is 46.5 Å². The number of hydrogen-bond acceptors (Lipinski definition) is 4. The maximum Gasteiger partial charge on any atom is 0.287 e. The lowest BCUT2D eigenvalue weighted by atomic mass is 9.99. The molecule has 1 N–H and O–H groups in total. The smallest absolute Gasteiger partial charge is 0.287 e. The highest BCUT2D eigenvalue weighted by Gasteiger charge is 2.29. The van der Waals surface area contributed by atoms with E-state index in [0.717, 1.165) is 38.8 Å². The topological polar surface area (TPSA) is 80.4 Å². The van der Waals surface area contributed by atoms with Crippen LogP contribution in [0.3, 0.4) is 0 Å². The number of rotatable bonds is 5. The Balaban J connectivity index is 2.18. The number of carbonyl (C=O) groups is 1. The molecule has 7 heteroatoms.